The van der Waals surface area contributed by atoms with Crippen LogP contribution >= 0.6 is 0 Å². The largest absolute Gasteiger partial charge is 0.373 e. The summed E-state index contributed by atoms with van der Waals surface area (Å²) >= 11 is 0. The highest BCUT2D eigenvalue weighted by molar-refractivity contribution is 5.79. The number of likely N-dealkylation sites (tertiary alicyclic amines) is 1. The van der Waals surface area contributed by atoms with E-state index >= 15 is 4.39 Å². The summed E-state index contributed by atoms with van der Waals surface area (Å²) in [6.45, 7) is 14.0. The molecule has 5 N–H and O–H groups in total. The van der Waals surface area contributed by atoms with Gasteiger partial charge in [-0.3, -0.25) is 25.6 Å². The Morgan fingerprint density at radius 3 is 2.36 bits per heavy atom. The average Bonchev–Trinajstić information content (AvgIpc) is 3.17. The maximum absolute atomic E-state index is 15.8. The molecule has 3 aliphatic rings. The smallest absolute Gasteiger partial charge is 0.234 e. The van der Waals surface area contributed by atoms with Crippen LogP contribution in [0, 0.1) is 11.3 Å². The van der Waals surface area contributed by atoms with E-state index in [0.717, 1.165) is 45.1 Å². The summed E-state index contributed by atoms with van der Waals surface area (Å²) in [4.78, 5) is 14.4. The van der Waals surface area contributed by atoms with Gasteiger partial charge in [-0.1, -0.05) is 20.8 Å². The maximum Gasteiger partial charge on any atom is 0.234 e. The number of carbonyl (C=O) groups is 1. The van der Waals surface area contributed by atoms with Gasteiger partial charge in [-0.25, -0.2) is 4.39 Å². The molecule has 0 spiro atoms. The van der Waals surface area contributed by atoms with Crippen molar-refractivity contribution in [1.29, 1.82) is 0 Å². The molecule has 4 unspecified atom stereocenters. The molecular formula is C25H48FN5O2. The third kappa shape index (κ3) is 7.59. The summed E-state index contributed by atoms with van der Waals surface area (Å²) in [6.07, 6.45) is 5.44. The van der Waals surface area contributed by atoms with Crippen molar-refractivity contribution in [3.8, 4) is 0 Å². The molecule has 2 saturated heterocycles. The number of primary amides is 1. The Morgan fingerprint density at radius 2 is 1.79 bits per heavy atom. The summed E-state index contributed by atoms with van der Waals surface area (Å²) in [5.74, 6) is 0.157. The predicted octanol–water partition coefficient (Wildman–Crippen LogP) is 2.85. The van der Waals surface area contributed by atoms with E-state index in [-0.39, 0.29) is 17.2 Å². The number of rotatable bonds is 7. The molecule has 7 nitrogen and oxygen atoms in total. The summed E-state index contributed by atoms with van der Waals surface area (Å²) in [7, 11) is 0. The fourth-order valence-corrected chi connectivity index (χ4v) is 5.96. The van der Waals surface area contributed by atoms with E-state index in [1.165, 1.54) is 0 Å². The van der Waals surface area contributed by atoms with Crippen molar-refractivity contribution >= 4 is 5.91 Å². The molecule has 0 aromatic rings. The molecule has 3 rings (SSSR count). The molecule has 0 aromatic heterocycles. The molecule has 5 atom stereocenters. The molecule has 0 radical (unpaired) electrons. The highest BCUT2D eigenvalue weighted by Gasteiger charge is 2.44. The molecule has 2 heterocycles. The molecule has 3 fully saturated rings. The fraction of sp³-hybridized carbons (Fsp3) is 0.960. The third-order valence-electron chi connectivity index (χ3n) is 7.28. The van der Waals surface area contributed by atoms with E-state index in [1.54, 1.807) is 0 Å². The molecule has 1 saturated carbocycles. The Morgan fingerprint density at radius 1 is 1.12 bits per heavy atom. The molecule has 33 heavy (non-hydrogen) atoms. The molecule has 2 aliphatic heterocycles. The van der Waals surface area contributed by atoms with Crippen LogP contribution in [-0.2, 0) is 9.53 Å². The highest BCUT2D eigenvalue weighted by Crippen LogP contribution is 2.38. The van der Waals surface area contributed by atoms with Crippen LogP contribution in [0.25, 0.3) is 0 Å². The van der Waals surface area contributed by atoms with E-state index in [2.05, 4.69) is 62.4 Å². The zero-order valence-electron chi connectivity index (χ0n) is 21.6. The van der Waals surface area contributed by atoms with Crippen LogP contribution in [-0.4, -0.2) is 66.3 Å². The van der Waals surface area contributed by atoms with Crippen molar-refractivity contribution in [1.82, 2.24) is 20.9 Å². The summed E-state index contributed by atoms with van der Waals surface area (Å²) < 4.78 is 22.0. The lowest BCUT2D eigenvalue weighted by molar-refractivity contribution is -0.121. The molecule has 1 aliphatic carbocycles. The molecule has 192 valence electrons. The number of carbonyl (C=O) groups excluding carboxylic acids is 1. The quantitative estimate of drug-likeness (QED) is 0.458. The predicted molar refractivity (Wildman–Crippen MR) is 130 cm³/mol. The van der Waals surface area contributed by atoms with Gasteiger partial charge in [-0.15, -0.1) is 0 Å². The fourth-order valence-electron chi connectivity index (χ4n) is 5.96. The minimum atomic E-state index is -1.18. The summed E-state index contributed by atoms with van der Waals surface area (Å²) in [5.41, 5.74) is 5.46. The number of alkyl halides is 1. The monoisotopic (exact) mass is 469 g/mol. The van der Waals surface area contributed by atoms with Gasteiger partial charge in [-0.2, -0.15) is 0 Å². The van der Waals surface area contributed by atoms with Gasteiger partial charge >= 0.3 is 0 Å². The molecule has 8 heteroatoms. The Hall–Kier alpha value is -0.800. The van der Waals surface area contributed by atoms with Crippen molar-refractivity contribution in [3.05, 3.63) is 0 Å². The Kier molecular flexibility index (Phi) is 8.82. The SMILES string of the molecule is CC(C)(C)C[C@@H](NC1NCNC(N2CCCC2C2CCC(OC(C)(C)C)CC2)C1F)C(N)=O. The van der Waals surface area contributed by atoms with E-state index < -0.39 is 24.3 Å². The number of hydrogen-bond acceptors (Lipinski definition) is 6. The number of nitrogens with two attached hydrogens (primary N) is 1. The van der Waals surface area contributed by atoms with Gasteiger partial charge in [0.05, 0.1) is 30.1 Å². The first-order valence-corrected chi connectivity index (χ1v) is 12.9. The first-order valence-electron chi connectivity index (χ1n) is 12.9. The van der Waals surface area contributed by atoms with E-state index in [1.807, 2.05) is 0 Å². The van der Waals surface area contributed by atoms with E-state index in [9.17, 15) is 4.79 Å². The number of amides is 1. The second-order valence-electron chi connectivity index (χ2n) is 12.6. The lowest BCUT2D eigenvalue weighted by atomic mass is 9.81. The lowest BCUT2D eigenvalue weighted by Crippen LogP contribution is -2.71. The van der Waals surface area contributed by atoms with E-state index in [4.69, 9.17) is 10.5 Å². The Balaban J connectivity index is 1.60. The van der Waals surface area contributed by atoms with Gasteiger partial charge in [0.15, 0.2) is 6.17 Å². The number of nitrogens with one attached hydrogen (secondary N) is 3. The summed E-state index contributed by atoms with van der Waals surface area (Å²) in [6, 6.07) is -0.163. The minimum absolute atomic E-state index is 0.0829. The standard InChI is InChI=1S/C25H48FN5O2/c1-24(2,3)14-18(21(27)32)30-22-20(26)23(29-15-28-22)31-13-7-8-19(31)16-9-11-17(12-10-16)33-25(4,5)6/h16-20,22-23,28-30H,7-15H2,1-6H3,(H2,27,32)/t16?,17?,18-,19?,20?,22?,23?/m1/s1. The first-order chi connectivity index (χ1) is 15.3. The molecule has 0 aromatic carbocycles. The third-order valence-corrected chi connectivity index (χ3v) is 7.28. The number of ether oxygens (including phenoxy) is 1. The second-order valence-corrected chi connectivity index (χ2v) is 12.6. The van der Waals surface area contributed by atoms with Gasteiger partial charge in [0.2, 0.25) is 5.91 Å². The van der Waals surface area contributed by atoms with Crippen molar-refractivity contribution in [3.63, 3.8) is 0 Å². The van der Waals surface area contributed by atoms with Crippen molar-refractivity contribution in [2.24, 2.45) is 17.1 Å². The maximum atomic E-state index is 15.8. The van der Waals surface area contributed by atoms with Crippen LogP contribution in [0.3, 0.4) is 0 Å². The van der Waals surface area contributed by atoms with Gasteiger partial charge in [0, 0.05) is 19.3 Å². The van der Waals surface area contributed by atoms with Gasteiger partial charge in [0.1, 0.15) is 0 Å². The number of nitrogens with zero attached hydrogens (tertiary/aromatic N) is 1. The highest BCUT2D eigenvalue weighted by atomic mass is 19.1. The Bertz CT molecular complexity index is 642. The van der Waals surface area contributed by atoms with Crippen LogP contribution in [0.15, 0.2) is 0 Å². The van der Waals surface area contributed by atoms with Crippen molar-refractivity contribution in [2.75, 3.05) is 13.2 Å². The van der Waals surface area contributed by atoms with Gasteiger partial charge < -0.3 is 10.5 Å². The van der Waals surface area contributed by atoms with Crippen LogP contribution in [0.2, 0.25) is 0 Å². The van der Waals surface area contributed by atoms with Gasteiger partial charge in [0.25, 0.3) is 0 Å². The van der Waals surface area contributed by atoms with Crippen LogP contribution in [0.4, 0.5) is 4.39 Å². The average molecular weight is 470 g/mol. The van der Waals surface area contributed by atoms with Crippen LogP contribution in [0.1, 0.15) is 86.5 Å². The molecule has 1 amide bonds. The first kappa shape index (κ1) is 26.8. The zero-order chi connectivity index (χ0) is 24.4. The second kappa shape index (κ2) is 10.9. The van der Waals surface area contributed by atoms with Crippen molar-refractivity contribution in [2.45, 2.75) is 129 Å². The Labute approximate surface area is 200 Å². The molecular weight excluding hydrogens is 421 g/mol. The molecule has 0 bridgehead atoms. The van der Waals surface area contributed by atoms with Crippen LogP contribution in [0.5, 0.6) is 0 Å². The summed E-state index contributed by atoms with van der Waals surface area (Å²) in [5, 5.41) is 9.72. The van der Waals surface area contributed by atoms with Gasteiger partial charge in [-0.05, 0) is 77.0 Å². The van der Waals surface area contributed by atoms with Crippen LogP contribution < -0.4 is 21.7 Å². The minimum Gasteiger partial charge on any atom is -0.373 e. The normalized spacial score (nSPS) is 35.5. The van der Waals surface area contributed by atoms with Crippen molar-refractivity contribution < 1.29 is 13.9 Å². The lowest BCUT2D eigenvalue weighted by Gasteiger charge is -2.46. The topological polar surface area (TPSA) is 91.7 Å². The number of hydrogen-bond donors (Lipinski definition) is 4. The van der Waals surface area contributed by atoms with E-state index in [0.29, 0.717) is 31.2 Å². The number of halogens is 1. The zero-order valence-corrected chi connectivity index (χ0v) is 21.6.